The molecule has 3 nitrogen and oxygen atoms in total. The van der Waals surface area contributed by atoms with Gasteiger partial charge in [0, 0.05) is 35.1 Å². The van der Waals surface area contributed by atoms with Gasteiger partial charge in [-0.2, -0.15) is 0 Å². The number of pyridine rings is 1. The minimum absolute atomic E-state index is 0.564. The van der Waals surface area contributed by atoms with Crippen LogP contribution in [0.1, 0.15) is 18.4 Å². The molecule has 5 heteroatoms. The molecule has 1 aromatic heterocycles. The lowest BCUT2D eigenvalue weighted by molar-refractivity contribution is 0.409. The molecule has 0 bridgehead atoms. The van der Waals surface area contributed by atoms with Crippen molar-refractivity contribution in [1.29, 1.82) is 0 Å². The average Bonchev–Trinajstić information content (AvgIpc) is 3.33. The first kappa shape index (κ1) is 14.5. The van der Waals surface area contributed by atoms with E-state index in [-0.39, 0.29) is 0 Å². The van der Waals surface area contributed by atoms with Crippen molar-refractivity contribution in [3.05, 3.63) is 58.8 Å². The summed E-state index contributed by atoms with van der Waals surface area (Å²) < 4.78 is 1.06. The maximum atomic E-state index is 5.59. The Labute approximate surface area is 138 Å². The van der Waals surface area contributed by atoms with Gasteiger partial charge in [-0.15, -0.1) is 0 Å². The molecule has 0 unspecified atom stereocenters. The second-order valence-corrected chi connectivity index (χ2v) is 6.45. The van der Waals surface area contributed by atoms with Gasteiger partial charge in [-0.3, -0.25) is 4.98 Å². The van der Waals surface area contributed by atoms with Crippen LogP contribution >= 0.6 is 28.1 Å². The highest BCUT2D eigenvalue weighted by Gasteiger charge is 2.30. The van der Waals surface area contributed by atoms with E-state index in [2.05, 4.69) is 31.1 Å². The Morgan fingerprint density at radius 3 is 2.48 bits per heavy atom. The van der Waals surface area contributed by atoms with E-state index in [9.17, 15) is 0 Å². The second kappa shape index (κ2) is 6.54. The number of anilines is 1. The molecule has 0 radical (unpaired) electrons. The number of hydrogen-bond donors (Lipinski definition) is 1. The largest absolute Gasteiger partial charge is 0.342 e. The van der Waals surface area contributed by atoms with E-state index in [1.807, 2.05) is 48.8 Å². The molecule has 1 aliphatic rings. The van der Waals surface area contributed by atoms with Crippen LogP contribution in [0.2, 0.25) is 0 Å². The number of aromatic nitrogens is 1. The molecule has 108 valence electrons. The van der Waals surface area contributed by atoms with Crippen LogP contribution in [-0.2, 0) is 6.54 Å². The van der Waals surface area contributed by atoms with Gasteiger partial charge in [0.1, 0.15) is 0 Å². The van der Waals surface area contributed by atoms with E-state index in [0.29, 0.717) is 6.04 Å². The van der Waals surface area contributed by atoms with Gasteiger partial charge in [0.15, 0.2) is 5.11 Å². The van der Waals surface area contributed by atoms with Crippen molar-refractivity contribution < 1.29 is 0 Å². The Morgan fingerprint density at radius 1 is 1.19 bits per heavy atom. The molecule has 1 saturated carbocycles. The topological polar surface area (TPSA) is 28.2 Å². The Balaban J connectivity index is 1.69. The van der Waals surface area contributed by atoms with E-state index in [0.717, 1.165) is 21.8 Å². The van der Waals surface area contributed by atoms with E-state index in [1.54, 1.807) is 0 Å². The summed E-state index contributed by atoms with van der Waals surface area (Å²) in [7, 11) is 0. The van der Waals surface area contributed by atoms with Crippen LogP contribution in [0.3, 0.4) is 0 Å². The van der Waals surface area contributed by atoms with Crippen LogP contribution < -0.4 is 5.32 Å². The number of rotatable bonds is 4. The quantitative estimate of drug-likeness (QED) is 0.825. The average molecular weight is 362 g/mol. The number of halogens is 1. The molecule has 1 fully saturated rings. The van der Waals surface area contributed by atoms with Crippen LogP contribution in [-0.4, -0.2) is 21.0 Å². The zero-order chi connectivity index (χ0) is 14.7. The second-order valence-electron chi connectivity index (χ2n) is 5.15. The summed E-state index contributed by atoms with van der Waals surface area (Å²) in [5.74, 6) is 0. The molecule has 1 aliphatic carbocycles. The number of hydrogen-bond acceptors (Lipinski definition) is 2. The van der Waals surface area contributed by atoms with Crippen molar-refractivity contribution in [2.24, 2.45) is 0 Å². The molecule has 1 N–H and O–H groups in total. The summed E-state index contributed by atoms with van der Waals surface area (Å²) in [6.07, 6.45) is 6.08. The first-order valence-corrected chi connectivity index (χ1v) is 8.14. The van der Waals surface area contributed by atoms with Gasteiger partial charge < -0.3 is 10.2 Å². The molecule has 0 aliphatic heterocycles. The van der Waals surface area contributed by atoms with Gasteiger partial charge in [-0.05, 0) is 67.0 Å². The maximum Gasteiger partial charge on any atom is 0.173 e. The number of nitrogens with zero attached hydrogens (tertiary/aromatic N) is 2. The first-order valence-electron chi connectivity index (χ1n) is 6.94. The van der Waals surface area contributed by atoms with Crippen LogP contribution in [0.15, 0.2) is 53.3 Å². The summed E-state index contributed by atoms with van der Waals surface area (Å²) in [5.41, 5.74) is 2.25. The first-order chi connectivity index (χ1) is 10.2. The number of nitrogens with one attached hydrogen (secondary N) is 1. The van der Waals surface area contributed by atoms with Gasteiger partial charge >= 0.3 is 0 Å². The standard InChI is InChI=1S/C16H16BrN3S/c17-13-1-3-14(4-2-13)19-16(21)20(15-5-6-15)11-12-7-9-18-10-8-12/h1-4,7-10,15H,5-6,11H2,(H,19,21). The Morgan fingerprint density at radius 2 is 1.86 bits per heavy atom. The Bertz CT molecular complexity index is 611. The zero-order valence-electron chi connectivity index (χ0n) is 11.5. The van der Waals surface area contributed by atoms with Crippen LogP contribution in [0, 0.1) is 0 Å². The lowest BCUT2D eigenvalue weighted by atomic mass is 10.2. The third-order valence-electron chi connectivity index (χ3n) is 3.45. The Kier molecular flexibility index (Phi) is 4.51. The predicted molar refractivity (Wildman–Crippen MR) is 93.2 cm³/mol. The Hall–Kier alpha value is -1.46. The van der Waals surface area contributed by atoms with E-state index < -0.39 is 0 Å². The molecular formula is C16H16BrN3S. The van der Waals surface area contributed by atoms with Crippen molar-refractivity contribution in [2.45, 2.75) is 25.4 Å². The van der Waals surface area contributed by atoms with Crippen LogP contribution in [0.4, 0.5) is 5.69 Å². The fourth-order valence-electron chi connectivity index (χ4n) is 2.17. The molecule has 1 aromatic carbocycles. The predicted octanol–water partition coefficient (Wildman–Crippen LogP) is 4.21. The van der Waals surface area contributed by atoms with Crippen LogP contribution in [0.25, 0.3) is 0 Å². The van der Waals surface area contributed by atoms with Crippen molar-refractivity contribution >= 4 is 38.9 Å². The van der Waals surface area contributed by atoms with Gasteiger partial charge in [0.2, 0.25) is 0 Å². The molecular weight excluding hydrogens is 346 g/mol. The number of benzene rings is 1. The summed E-state index contributed by atoms with van der Waals surface area (Å²) in [5, 5.41) is 4.12. The van der Waals surface area contributed by atoms with Gasteiger partial charge in [0.25, 0.3) is 0 Å². The van der Waals surface area contributed by atoms with E-state index in [1.165, 1.54) is 18.4 Å². The normalized spacial score (nSPS) is 13.8. The maximum absolute atomic E-state index is 5.59. The smallest absolute Gasteiger partial charge is 0.173 e. The summed E-state index contributed by atoms with van der Waals surface area (Å²) >= 11 is 9.03. The van der Waals surface area contributed by atoms with E-state index in [4.69, 9.17) is 12.2 Å². The SMILES string of the molecule is S=C(Nc1ccc(Br)cc1)N(Cc1ccncc1)C1CC1. The fraction of sp³-hybridized carbons (Fsp3) is 0.250. The number of thiocarbonyl (C=S) groups is 1. The molecule has 0 atom stereocenters. The fourth-order valence-corrected chi connectivity index (χ4v) is 2.76. The lowest BCUT2D eigenvalue weighted by Gasteiger charge is -2.26. The van der Waals surface area contributed by atoms with Crippen molar-refractivity contribution in [3.8, 4) is 0 Å². The molecule has 0 saturated heterocycles. The van der Waals surface area contributed by atoms with Gasteiger partial charge in [0.05, 0.1) is 0 Å². The van der Waals surface area contributed by atoms with Gasteiger partial charge in [-0.1, -0.05) is 15.9 Å². The third-order valence-corrected chi connectivity index (χ3v) is 4.31. The summed E-state index contributed by atoms with van der Waals surface area (Å²) in [4.78, 5) is 6.33. The molecule has 0 amide bonds. The highest BCUT2D eigenvalue weighted by molar-refractivity contribution is 9.10. The molecule has 0 spiro atoms. The lowest BCUT2D eigenvalue weighted by Crippen LogP contribution is -2.36. The van der Waals surface area contributed by atoms with Crippen molar-refractivity contribution in [2.75, 3.05) is 5.32 Å². The monoisotopic (exact) mass is 361 g/mol. The highest BCUT2D eigenvalue weighted by atomic mass is 79.9. The molecule has 3 rings (SSSR count). The molecule has 2 aromatic rings. The van der Waals surface area contributed by atoms with E-state index >= 15 is 0 Å². The van der Waals surface area contributed by atoms with Gasteiger partial charge in [-0.25, -0.2) is 0 Å². The minimum Gasteiger partial charge on any atom is -0.342 e. The summed E-state index contributed by atoms with van der Waals surface area (Å²) in [6, 6.07) is 12.7. The highest BCUT2D eigenvalue weighted by Crippen LogP contribution is 2.29. The van der Waals surface area contributed by atoms with Crippen molar-refractivity contribution in [1.82, 2.24) is 9.88 Å². The van der Waals surface area contributed by atoms with Crippen LogP contribution in [0.5, 0.6) is 0 Å². The minimum atomic E-state index is 0.564. The molecule has 21 heavy (non-hydrogen) atoms. The third kappa shape index (κ3) is 4.02. The zero-order valence-corrected chi connectivity index (χ0v) is 13.9. The molecule has 1 heterocycles. The van der Waals surface area contributed by atoms with Crippen molar-refractivity contribution in [3.63, 3.8) is 0 Å². The summed E-state index contributed by atoms with van der Waals surface area (Å²) in [6.45, 7) is 0.829.